The van der Waals surface area contributed by atoms with Crippen molar-refractivity contribution < 1.29 is 13.2 Å². The number of benzene rings is 2. The molecule has 0 heterocycles. The van der Waals surface area contributed by atoms with E-state index in [0.717, 1.165) is 0 Å². The molecule has 100 valence electrons. The molecule has 0 amide bonds. The van der Waals surface area contributed by atoms with Crippen LogP contribution < -0.4 is 0 Å². The number of hydrogen-bond acceptors (Lipinski definition) is 0. The summed E-state index contributed by atoms with van der Waals surface area (Å²) in [6, 6.07) is 8.29. The molecule has 0 radical (unpaired) electrons. The molecule has 0 aliphatic carbocycles. The fraction of sp³-hybridized carbons (Fsp3) is 0.0769. The molecule has 0 nitrogen and oxygen atoms in total. The Balaban J connectivity index is 2.69. The molecule has 2 aromatic rings. The largest absolute Gasteiger partial charge is 0.418 e. The quantitative estimate of drug-likeness (QED) is 0.574. The van der Waals surface area contributed by atoms with Crippen molar-refractivity contribution in [2.45, 2.75) is 6.18 Å². The summed E-state index contributed by atoms with van der Waals surface area (Å²) in [5.41, 5.74) is -0.599. The molecule has 0 bridgehead atoms. The summed E-state index contributed by atoms with van der Waals surface area (Å²) in [7, 11) is 0. The monoisotopic (exact) mass is 324 g/mol. The van der Waals surface area contributed by atoms with Gasteiger partial charge in [0.2, 0.25) is 0 Å². The molecule has 0 atom stereocenters. The van der Waals surface area contributed by atoms with E-state index >= 15 is 0 Å². The van der Waals surface area contributed by atoms with Gasteiger partial charge in [-0.3, -0.25) is 0 Å². The molecule has 0 unspecified atom stereocenters. The van der Waals surface area contributed by atoms with Crippen LogP contribution in [0.25, 0.3) is 11.1 Å². The van der Waals surface area contributed by atoms with E-state index in [1.54, 1.807) is 0 Å². The molecule has 0 N–H and O–H groups in total. The minimum atomic E-state index is -4.54. The second-order valence-electron chi connectivity index (χ2n) is 3.79. The van der Waals surface area contributed by atoms with Gasteiger partial charge in [-0.1, -0.05) is 53.0 Å². The van der Waals surface area contributed by atoms with Gasteiger partial charge in [-0.2, -0.15) is 13.2 Å². The van der Waals surface area contributed by atoms with Crippen molar-refractivity contribution >= 4 is 34.8 Å². The lowest BCUT2D eigenvalue weighted by Gasteiger charge is -2.15. The van der Waals surface area contributed by atoms with Crippen LogP contribution in [0, 0.1) is 0 Å². The summed E-state index contributed by atoms with van der Waals surface area (Å²) in [6.45, 7) is 0. The van der Waals surface area contributed by atoms with Crippen molar-refractivity contribution in [3.8, 4) is 11.1 Å². The van der Waals surface area contributed by atoms with E-state index in [2.05, 4.69) is 0 Å². The Kier molecular flexibility index (Phi) is 4.00. The smallest absolute Gasteiger partial charge is 0.166 e. The molecule has 6 heteroatoms. The van der Waals surface area contributed by atoms with Gasteiger partial charge in [0, 0.05) is 0 Å². The Labute approximate surface area is 122 Å². The van der Waals surface area contributed by atoms with Crippen molar-refractivity contribution in [2.75, 3.05) is 0 Å². The van der Waals surface area contributed by atoms with Crippen LogP contribution in [0.3, 0.4) is 0 Å². The highest BCUT2D eigenvalue weighted by Crippen LogP contribution is 2.42. The van der Waals surface area contributed by atoms with Crippen LogP contribution in [-0.4, -0.2) is 0 Å². The lowest BCUT2D eigenvalue weighted by molar-refractivity contribution is -0.137. The van der Waals surface area contributed by atoms with Gasteiger partial charge in [-0.05, 0) is 29.3 Å². The third-order valence-electron chi connectivity index (χ3n) is 2.53. The maximum absolute atomic E-state index is 13.0. The van der Waals surface area contributed by atoms with Gasteiger partial charge in [0.15, 0.2) is 0 Å². The van der Waals surface area contributed by atoms with Gasteiger partial charge in [0.05, 0.1) is 20.6 Å². The fourth-order valence-electron chi connectivity index (χ4n) is 1.72. The van der Waals surface area contributed by atoms with Crippen molar-refractivity contribution in [3.05, 3.63) is 57.0 Å². The lowest BCUT2D eigenvalue weighted by atomic mass is 9.99. The van der Waals surface area contributed by atoms with Gasteiger partial charge in [0.25, 0.3) is 0 Å². The van der Waals surface area contributed by atoms with Crippen LogP contribution in [0.2, 0.25) is 15.1 Å². The molecule has 2 rings (SSSR count). The molecular weight excluding hydrogens is 319 g/mol. The van der Waals surface area contributed by atoms with E-state index in [1.807, 2.05) is 0 Å². The first-order valence-electron chi connectivity index (χ1n) is 5.12. The molecule has 19 heavy (non-hydrogen) atoms. The first-order valence-corrected chi connectivity index (χ1v) is 6.25. The Morgan fingerprint density at radius 2 is 1.47 bits per heavy atom. The Morgan fingerprint density at radius 1 is 0.789 bits per heavy atom. The lowest BCUT2D eigenvalue weighted by Crippen LogP contribution is -2.08. The van der Waals surface area contributed by atoms with Crippen LogP contribution in [-0.2, 0) is 6.18 Å². The summed E-state index contributed by atoms with van der Waals surface area (Å²) in [6.07, 6.45) is -4.54. The van der Waals surface area contributed by atoms with Crippen LogP contribution in [0.4, 0.5) is 13.2 Å². The number of hydrogen-bond donors (Lipinski definition) is 0. The topological polar surface area (TPSA) is 0 Å². The number of rotatable bonds is 1. The summed E-state index contributed by atoms with van der Waals surface area (Å²) in [4.78, 5) is 0. The zero-order valence-corrected chi connectivity index (χ0v) is 11.5. The van der Waals surface area contributed by atoms with Crippen LogP contribution in [0.5, 0.6) is 0 Å². The summed E-state index contributed by atoms with van der Waals surface area (Å²) in [5.74, 6) is 0. The first kappa shape index (κ1) is 14.5. The van der Waals surface area contributed by atoms with Crippen LogP contribution in [0.1, 0.15) is 5.56 Å². The predicted molar refractivity (Wildman–Crippen MR) is 71.9 cm³/mol. The zero-order chi connectivity index (χ0) is 14.2. The Hall–Kier alpha value is -0.900. The van der Waals surface area contributed by atoms with Crippen molar-refractivity contribution in [2.24, 2.45) is 0 Å². The van der Waals surface area contributed by atoms with E-state index in [9.17, 15) is 13.2 Å². The minimum Gasteiger partial charge on any atom is -0.166 e. The van der Waals surface area contributed by atoms with E-state index in [1.165, 1.54) is 36.4 Å². The molecule has 0 saturated carbocycles. The fourth-order valence-corrected chi connectivity index (χ4v) is 2.30. The number of halogens is 6. The maximum atomic E-state index is 13.0. The van der Waals surface area contributed by atoms with Crippen molar-refractivity contribution in [3.63, 3.8) is 0 Å². The maximum Gasteiger partial charge on any atom is 0.418 e. The highest BCUT2D eigenvalue weighted by Gasteiger charge is 2.36. The van der Waals surface area contributed by atoms with Crippen LogP contribution >= 0.6 is 34.8 Å². The molecule has 0 fully saturated rings. The highest BCUT2D eigenvalue weighted by molar-refractivity contribution is 6.42. The van der Waals surface area contributed by atoms with Gasteiger partial charge >= 0.3 is 6.18 Å². The van der Waals surface area contributed by atoms with E-state index in [4.69, 9.17) is 34.8 Å². The molecule has 0 saturated heterocycles. The van der Waals surface area contributed by atoms with E-state index in [-0.39, 0.29) is 20.6 Å². The standard InChI is InChI=1S/C13H6Cl3F3/c14-9-5-4-7(6-11(9)16)8-2-1-3-10(15)12(8)13(17,18)19/h1-6H. The Morgan fingerprint density at radius 3 is 2.05 bits per heavy atom. The molecule has 0 aromatic heterocycles. The first-order chi connectivity index (χ1) is 8.80. The SMILES string of the molecule is FC(F)(F)c1c(Cl)cccc1-c1ccc(Cl)c(Cl)c1. The normalized spacial score (nSPS) is 11.7. The summed E-state index contributed by atoms with van der Waals surface area (Å²) in [5, 5.41) is 0.115. The second-order valence-corrected chi connectivity index (χ2v) is 5.01. The molecule has 0 aliphatic heterocycles. The van der Waals surface area contributed by atoms with Gasteiger partial charge in [0.1, 0.15) is 0 Å². The zero-order valence-electron chi connectivity index (χ0n) is 9.23. The van der Waals surface area contributed by atoms with E-state index in [0.29, 0.717) is 5.56 Å². The molecule has 0 spiro atoms. The molecule has 2 aromatic carbocycles. The van der Waals surface area contributed by atoms with E-state index < -0.39 is 11.7 Å². The van der Waals surface area contributed by atoms with Crippen molar-refractivity contribution in [1.29, 1.82) is 0 Å². The third kappa shape index (κ3) is 2.99. The third-order valence-corrected chi connectivity index (χ3v) is 3.58. The minimum absolute atomic E-state index is 0.0291. The average Bonchev–Trinajstić information content (AvgIpc) is 2.30. The van der Waals surface area contributed by atoms with Gasteiger partial charge in [-0.15, -0.1) is 0 Å². The van der Waals surface area contributed by atoms with Crippen molar-refractivity contribution in [1.82, 2.24) is 0 Å². The predicted octanol–water partition coefficient (Wildman–Crippen LogP) is 6.33. The number of alkyl halides is 3. The molecule has 0 aliphatic rings. The highest BCUT2D eigenvalue weighted by atomic mass is 35.5. The second kappa shape index (κ2) is 5.23. The van der Waals surface area contributed by atoms with Crippen LogP contribution in [0.15, 0.2) is 36.4 Å². The summed E-state index contributed by atoms with van der Waals surface area (Å²) >= 11 is 17.2. The van der Waals surface area contributed by atoms with Gasteiger partial charge < -0.3 is 0 Å². The Bertz CT molecular complexity index is 621. The van der Waals surface area contributed by atoms with Gasteiger partial charge in [-0.25, -0.2) is 0 Å². The molecular formula is C13H6Cl3F3. The summed E-state index contributed by atoms with van der Waals surface area (Å²) < 4.78 is 39.1. The average molecular weight is 326 g/mol.